The highest BCUT2D eigenvalue weighted by molar-refractivity contribution is 5.87. The zero-order chi connectivity index (χ0) is 18.9. The first-order chi connectivity index (χ1) is 12.6. The van der Waals surface area contributed by atoms with Gasteiger partial charge in [0, 0.05) is 29.6 Å². The van der Waals surface area contributed by atoms with Crippen LogP contribution in [-0.2, 0) is 6.61 Å². The molecule has 0 amide bonds. The number of aromatic hydroxyl groups is 1. The summed E-state index contributed by atoms with van der Waals surface area (Å²) in [6.07, 6.45) is 4.87. The van der Waals surface area contributed by atoms with E-state index in [0.29, 0.717) is 47.2 Å². The number of pyridine rings is 1. The monoisotopic (exact) mass is 358 g/mol. The van der Waals surface area contributed by atoms with Gasteiger partial charge in [-0.2, -0.15) is 0 Å². The van der Waals surface area contributed by atoms with Crippen molar-refractivity contribution in [1.29, 1.82) is 0 Å². The van der Waals surface area contributed by atoms with E-state index in [4.69, 9.17) is 9.47 Å². The highest BCUT2D eigenvalue weighted by Gasteiger charge is 2.10. The fraction of sp³-hybridized carbons (Fsp3) is 0.400. The van der Waals surface area contributed by atoms with Crippen LogP contribution in [0.15, 0.2) is 29.4 Å². The molecular weight excluding hydrogens is 332 g/mol. The molecule has 6 nitrogen and oxygen atoms in total. The van der Waals surface area contributed by atoms with E-state index >= 15 is 0 Å². The molecule has 0 unspecified atom stereocenters. The van der Waals surface area contributed by atoms with E-state index in [9.17, 15) is 10.2 Å². The summed E-state index contributed by atoms with van der Waals surface area (Å²) in [5.41, 5.74) is 2.13. The van der Waals surface area contributed by atoms with Crippen molar-refractivity contribution in [2.24, 2.45) is 4.99 Å². The minimum Gasteiger partial charge on any atom is -0.505 e. The van der Waals surface area contributed by atoms with Crippen LogP contribution in [0.25, 0.3) is 0 Å². The summed E-state index contributed by atoms with van der Waals surface area (Å²) < 4.78 is 11.5. The van der Waals surface area contributed by atoms with Gasteiger partial charge in [-0.1, -0.05) is 13.8 Å². The van der Waals surface area contributed by atoms with Crippen molar-refractivity contribution in [3.8, 4) is 17.2 Å². The number of rotatable bonds is 9. The average molecular weight is 358 g/mol. The molecular formula is C20H26N2O4. The van der Waals surface area contributed by atoms with Crippen LogP contribution in [-0.4, -0.2) is 34.6 Å². The van der Waals surface area contributed by atoms with E-state index < -0.39 is 0 Å². The smallest absolute Gasteiger partial charge is 0.163 e. The van der Waals surface area contributed by atoms with Gasteiger partial charge in [-0.3, -0.25) is 9.98 Å². The SMILES string of the molecule is CCCOc1ccc(N=Cc2c(CO)cnc(C)c2O)cc1OCCC. The zero-order valence-electron chi connectivity index (χ0n) is 15.5. The molecule has 0 aliphatic rings. The average Bonchev–Trinajstić information content (AvgIpc) is 2.66. The quantitative estimate of drug-likeness (QED) is 0.664. The zero-order valence-corrected chi connectivity index (χ0v) is 15.5. The minimum atomic E-state index is -0.225. The second kappa shape index (κ2) is 9.77. The maximum atomic E-state index is 10.2. The predicted molar refractivity (Wildman–Crippen MR) is 102 cm³/mol. The number of aliphatic imine (C=N–C) groups is 1. The Morgan fingerprint density at radius 1 is 1.12 bits per heavy atom. The first-order valence-corrected chi connectivity index (χ1v) is 8.82. The van der Waals surface area contributed by atoms with Gasteiger partial charge in [0.25, 0.3) is 0 Å². The van der Waals surface area contributed by atoms with Crippen molar-refractivity contribution in [3.63, 3.8) is 0 Å². The number of aliphatic hydroxyl groups is 1. The van der Waals surface area contributed by atoms with Crippen LogP contribution >= 0.6 is 0 Å². The number of hydrogen-bond acceptors (Lipinski definition) is 6. The van der Waals surface area contributed by atoms with Crippen LogP contribution in [0.4, 0.5) is 5.69 Å². The second-order valence-electron chi connectivity index (χ2n) is 5.88. The topological polar surface area (TPSA) is 84.2 Å². The van der Waals surface area contributed by atoms with Gasteiger partial charge in [-0.05, 0) is 31.9 Å². The number of aromatic nitrogens is 1. The lowest BCUT2D eigenvalue weighted by Crippen LogP contribution is -2.01. The molecule has 0 fully saturated rings. The molecule has 26 heavy (non-hydrogen) atoms. The van der Waals surface area contributed by atoms with E-state index in [1.54, 1.807) is 13.0 Å². The first-order valence-electron chi connectivity index (χ1n) is 8.82. The number of ether oxygens (including phenoxy) is 2. The molecule has 1 aromatic carbocycles. The van der Waals surface area contributed by atoms with Gasteiger partial charge >= 0.3 is 0 Å². The third-order valence-corrected chi connectivity index (χ3v) is 3.72. The summed E-state index contributed by atoms with van der Waals surface area (Å²) in [4.78, 5) is 8.46. The molecule has 0 aliphatic carbocycles. The molecule has 1 heterocycles. The molecule has 6 heteroatoms. The maximum Gasteiger partial charge on any atom is 0.163 e. The van der Waals surface area contributed by atoms with Crippen molar-refractivity contribution >= 4 is 11.9 Å². The van der Waals surface area contributed by atoms with Gasteiger partial charge < -0.3 is 19.7 Å². The van der Waals surface area contributed by atoms with E-state index in [-0.39, 0.29) is 12.4 Å². The van der Waals surface area contributed by atoms with Gasteiger partial charge in [0.2, 0.25) is 0 Å². The van der Waals surface area contributed by atoms with Crippen LogP contribution in [0.2, 0.25) is 0 Å². The van der Waals surface area contributed by atoms with Crippen molar-refractivity contribution in [3.05, 3.63) is 41.2 Å². The Morgan fingerprint density at radius 2 is 1.81 bits per heavy atom. The summed E-state index contributed by atoms with van der Waals surface area (Å²) in [5.74, 6) is 1.36. The minimum absolute atomic E-state index is 0.0191. The van der Waals surface area contributed by atoms with E-state index in [1.807, 2.05) is 26.0 Å². The lowest BCUT2D eigenvalue weighted by molar-refractivity contribution is 0.268. The van der Waals surface area contributed by atoms with Crippen LogP contribution in [0.1, 0.15) is 43.5 Å². The Bertz CT molecular complexity index is 760. The van der Waals surface area contributed by atoms with Gasteiger partial charge in [0.15, 0.2) is 11.5 Å². The van der Waals surface area contributed by atoms with Gasteiger partial charge in [0.05, 0.1) is 31.2 Å². The molecule has 0 saturated heterocycles. The number of nitrogens with zero attached hydrogens (tertiary/aromatic N) is 2. The number of aryl methyl sites for hydroxylation is 1. The fourth-order valence-corrected chi connectivity index (χ4v) is 2.29. The first kappa shape index (κ1) is 19.7. The molecule has 2 N–H and O–H groups in total. The molecule has 0 atom stereocenters. The van der Waals surface area contributed by atoms with E-state index in [2.05, 4.69) is 9.98 Å². The highest BCUT2D eigenvalue weighted by Crippen LogP contribution is 2.32. The van der Waals surface area contributed by atoms with E-state index in [1.165, 1.54) is 12.4 Å². The van der Waals surface area contributed by atoms with Crippen LogP contribution in [0.3, 0.4) is 0 Å². The summed E-state index contributed by atoms with van der Waals surface area (Å²) >= 11 is 0. The Morgan fingerprint density at radius 3 is 2.46 bits per heavy atom. The molecule has 2 aromatic rings. The van der Waals surface area contributed by atoms with Gasteiger partial charge in [-0.25, -0.2) is 0 Å². The van der Waals surface area contributed by atoms with Crippen molar-refractivity contribution in [2.75, 3.05) is 13.2 Å². The highest BCUT2D eigenvalue weighted by atomic mass is 16.5. The molecule has 140 valence electrons. The fourth-order valence-electron chi connectivity index (χ4n) is 2.29. The third-order valence-electron chi connectivity index (χ3n) is 3.72. The largest absolute Gasteiger partial charge is 0.505 e. The normalized spacial score (nSPS) is 11.1. The Labute approximate surface area is 154 Å². The molecule has 1 aromatic heterocycles. The van der Waals surface area contributed by atoms with Gasteiger partial charge in [-0.15, -0.1) is 0 Å². The standard InChI is InChI=1S/C20H26N2O4/c1-4-8-25-18-7-6-16(10-19(18)26-9-5-2)22-12-17-15(13-23)11-21-14(3)20(17)24/h6-7,10-12,23-24H,4-5,8-9,13H2,1-3H3. The van der Waals surface area contributed by atoms with Crippen molar-refractivity contribution in [1.82, 2.24) is 4.98 Å². The summed E-state index contributed by atoms with van der Waals surface area (Å²) in [7, 11) is 0. The molecule has 0 saturated carbocycles. The molecule has 0 spiro atoms. The van der Waals surface area contributed by atoms with Crippen molar-refractivity contribution < 1.29 is 19.7 Å². The third kappa shape index (κ3) is 4.95. The van der Waals surface area contributed by atoms with Crippen molar-refractivity contribution in [2.45, 2.75) is 40.2 Å². The van der Waals surface area contributed by atoms with Gasteiger partial charge in [0.1, 0.15) is 5.75 Å². The number of hydrogen-bond donors (Lipinski definition) is 2. The van der Waals surface area contributed by atoms with E-state index in [0.717, 1.165) is 12.8 Å². The summed E-state index contributed by atoms with van der Waals surface area (Å²) in [5, 5.41) is 19.6. The Hall–Kier alpha value is -2.60. The Kier molecular flexibility index (Phi) is 7.41. The lowest BCUT2D eigenvalue weighted by atomic mass is 10.1. The van der Waals surface area contributed by atoms with Crippen LogP contribution < -0.4 is 9.47 Å². The maximum absolute atomic E-state index is 10.2. The summed E-state index contributed by atoms with van der Waals surface area (Å²) in [6.45, 7) is 6.78. The molecule has 2 rings (SSSR count). The lowest BCUT2D eigenvalue weighted by Gasteiger charge is -2.12. The molecule has 0 aliphatic heterocycles. The van der Waals surface area contributed by atoms with Crippen LogP contribution in [0.5, 0.6) is 17.2 Å². The predicted octanol–water partition coefficient (Wildman–Crippen LogP) is 3.92. The van der Waals surface area contributed by atoms with Crippen LogP contribution in [0, 0.1) is 6.92 Å². The molecule has 0 radical (unpaired) electrons. The summed E-state index contributed by atoms with van der Waals surface area (Å²) in [6, 6.07) is 5.46. The number of aliphatic hydroxyl groups excluding tert-OH is 1. The molecule has 0 bridgehead atoms. The number of benzene rings is 1. The Balaban J connectivity index is 2.31. The second-order valence-corrected chi connectivity index (χ2v) is 5.88.